The molecule has 9 nitrogen and oxygen atoms in total. The van der Waals surface area contributed by atoms with Crippen LogP contribution in [0.3, 0.4) is 0 Å². The molecule has 1 aromatic carbocycles. The Bertz CT molecular complexity index is 989. The highest BCUT2D eigenvalue weighted by Crippen LogP contribution is 2.21. The molecule has 156 valence electrons. The lowest BCUT2D eigenvalue weighted by atomic mass is 10.2. The maximum atomic E-state index is 12.9. The van der Waals surface area contributed by atoms with Crippen molar-refractivity contribution in [2.24, 2.45) is 0 Å². The van der Waals surface area contributed by atoms with E-state index < -0.39 is 16.1 Å². The van der Waals surface area contributed by atoms with Gasteiger partial charge in [-0.1, -0.05) is 0 Å². The summed E-state index contributed by atoms with van der Waals surface area (Å²) in [6.07, 6.45) is -0.749. The lowest BCUT2D eigenvalue weighted by molar-refractivity contribution is 0.0115. The minimum atomic E-state index is -3.62. The van der Waals surface area contributed by atoms with E-state index in [9.17, 15) is 18.3 Å². The van der Waals surface area contributed by atoms with Crippen molar-refractivity contribution in [1.82, 2.24) is 18.3 Å². The van der Waals surface area contributed by atoms with E-state index in [1.54, 1.807) is 10.6 Å². The Morgan fingerprint density at radius 2 is 1.82 bits per heavy atom. The minimum absolute atomic E-state index is 0.102. The summed E-state index contributed by atoms with van der Waals surface area (Å²) in [5.74, 6) is 0. The Hall–Kier alpha value is -1.72. The van der Waals surface area contributed by atoms with Crippen molar-refractivity contribution in [3.05, 3.63) is 28.7 Å². The number of morpholine rings is 1. The van der Waals surface area contributed by atoms with E-state index in [2.05, 4.69) is 4.90 Å². The second-order valence-electron chi connectivity index (χ2n) is 7.14. The van der Waals surface area contributed by atoms with Crippen LogP contribution >= 0.6 is 0 Å². The van der Waals surface area contributed by atoms with Crippen LogP contribution in [0.5, 0.6) is 0 Å². The Morgan fingerprint density at radius 3 is 2.43 bits per heavy atom. The molecular weight excluding hydrogens is 384 g/mol. The number of aryl methyl sites for hydroxylation is 1. The number of fused-ring (bicyclic) bond motifs is 1. The monoisotopic (exact) mass is 412 g/mol. The van der Waals surface area contributed by atoms with E-state index in [1.807, 2.05) is 6.92 Å². The van der Waals surface area contributed by atoms with Crippen LogP contribution in [0.15, 0.2) is 27.9 Å². The standard InChI is InChI=1S/C18H28N4O5S/c1-4-21-16-6-5-15(28(25,26)19(2)3)11-17(16)22(18(21)24)13-14(23)12-20-7-9-27-10-8-20/h5-6,11,14,23H,4,7-10,12-13H2,1-3H3. The number of sulfonamides is 1. The van der Waals surface area contributed by atoms with Crippen molar-refractivity contribution in [3.63, 3.8) is 0 Å². The van der Waals surface area contributed by atoms with Gasteiger partial charge in [-0.15, -0.1) is 0 Å². The van der Waals surface area contributed by atoms with Crippen molar-refractivity contribution in [1.29, 1.82) is 0 Å². The molecule has 1 N–H and O–H groups in total. The maximum Gasteiger partial charge on any atom is 0.329 e. The van der Waals surface area contributed by atoms with E-state index in [0.29, 0.717) is 37.3 Å². The lowest BCUT2D eigenvalue weighted by Gasteiger charge is -2.28. The third kappa shape index (κ3) is 4.01. The molecule has 0 amide bonds. The number of β-amino-alcohol motifs (C(OH)–C–C–N with tert-alkyl or cyclic N) is 1. The summed E-state index contributed by atoms with van der Waals surface area (Å²) >= 11 is 0. The summed E-state index contributed by atoms with van der Waals surface area (Å²) < 4.78 is 34.5. The predicted octanol–water partition coefficient (Wildman–Crippen LogP) is -0.234. The fourth-order valence-corrected chi connectivity index (χ4v) is 4.43. The average Bonchev–Trinajstić information content (AvgIpc) is 2.92. The van der Waals surface area contributed by atoms with Crippen LogP contribution in [0, 0.1) is 0 Å². The van der Waals surface area contributed by atoms with Gasteiger partial charge in [0.25, 0.3) is 0 Å². The summed E-state index contributed by atoms with van der Waals surface area (Å²) in [5.41, 5.74) is 0.914. The van der Waals surface area contributed by atoms with Crippen molar-refractivity contribution in [2.45, 2.75) is 31.0 Å². The molecular formula is C18H28N4O5S. The van der Waals surface area contributed by atoms with E-state index in [-0.39, 0.29) is 17.1 Å². The Morgan fingerprint density at radius 1 is 1.14 bits per heavy atom. The summed E-state index contributed by atoms with van der Waals surface area (Å²) in [4.78, 5) is 15.1. The van der Waals surface area contributed by atoms with Crippen LogP contribution < -0.4 is 5.69 Å². The first-order chi connectivity index (χ1) is 13.3. The molecule has 0 bridgehead atoms. The molecule has 2 heterocycles. The molecule has 1 fully saturated rings. The molecule has 28 heavy (non-hydrogen) atoms. The van der Waals surface area contributed by atoms with Gasteiger partial charge in [0, 0.05) is 40.3 Å². The molecule has 0 spiro atoms. The van der Waals surface area contributed by atoms with Crippen molar-refractivity contribution in [3.8, 4) is 0 Å². The van der Waals surface area contributed by atoms with E-state index in [4.69, 9.17) is 4.74 Å². The van der Waals surface area contributed by atoms with Gasteiger partial charge in [-0.3, -0.25) is 14.0 Å². The van der Waals surface area contributed by atoms with Gasteiger partial charge >= 0.3 is 5.69 Å². The van der Waals surface area contributed by atoms with E-state index >= 15 is 0 Å². The Kier molecular flexibility index (Phi) is 6.25. The largest absolute Gasteiger partial charge is 0.390 e. The van der Waals surface area contributed by atoms with Gasteiger partial charge in [-0.05, 0) is 25.1 Å². The number of hydrogen-bond donors (Lipinski definition) is 1. The second kappa shape index (κ2) is 8.34. The van der Waals surface area contributed by atoms with Gasteiger partial charge in [0.15, 0.2) is 0 Å². The molecule has 1 aliphatic heterocycles. The number of aliphatic hydroxyl groups is 1. The van der Waals surface area contributed by atoms with Gasteiger partial charge in [0.1, 0.15) is 0 Å². The number of aliphatic hydroxyl groups excluding tert-OH is 1. The van der Waals surface area contributed by atoms with Gasteiger partial charge in [-0.25, -0.2) is 17.5 Å². The number of nitrogens with zero attached hydrogens (tertiary/aromatic N) is 4. The highest BCUT2D eigenvalue weighted by atomic mass is 32.2. The molecule has 1 aliphatic rings. The van der Waals surface area contributed by atoms with Crippen LogP contribution in [0.1, 0.15) is 6.92 Å². The highest BCUT2D eigenvalue weighted by Gasteiger charge is 2.22. The summed E-state index contributed by atoms with van der Waals surface area (Å²) in [7, 11) is -0.686. The predicted molar refractivity (Wildman–Crippen MR) is 106 cm³/mol. The van der Waals surface area contributed by atoms with Crippen LogP contribution in [0.4, 0.5) is 0 Å². The molecule has 1 unspecified atom stereocenters. The molecule has 1 aromatic heterocycles. The third-order valence-electron chi connectivity index (χ3n) is 5.05. The quantitative estimate of drug-likeness (QED) is 0.675. The molecule has 10 heteroatoms. The zero-order valence-corrected chi connectivity index (χ0v) is 17.4. The van der Waals surface area contributed by atoms with Crippen LogP contribution in [0.25, 0.3) is 11.0 Å². The summed E-state index contributed by atoms with van der Waals surface area (Å²) in [6.45, 7) is 5.61. The zero-order chi connectivity index (χ0) is 20.5. The van der Waals surface area contributed by atoms with Gasteiger partial charge in [0.2, 0.25) is 10.0 Å². The first kappa shape index (κ1) is 21.0. The second-order valence-corrected chi connectivity index (χ2v) is 9.29. The topological polar surface area (TPSA) is 97.0 Å². The molecule has 0 saturated carbocycles. The van der Waals surface area contributed by atoms with Gasteiger partial charge in [-0.2, -0.15) is 0 Å². The van der Waals surface area contributed by atoms with E-state index in [1.165, 1.54) is 30.8 Å². The molecule has 0 radical (unpaired) electrons. The number of imidazole rings is 1. The average molecular weight is 413 g/mol. The summed E-state index contributed by atoms with van der Waals surface area (Å²) in [5, 5.41) is 10.6. The minimum Gasteiger partial charge on any atom is -0.390 e. The first-order valence-corrected chi connectivity index (χ1v) is 10.8. The third-order valence-corrected chi connectivity index (χ3v) is 6.86. The van der Waals surface area contributed by atoms with Crippen LogP contribution in [0.2, 0.25) is 0 Å². The van der Waals surface area contributed by atoms with Crippen molar-refractivity contribution in [2.75, 3.05) is 46.9 Å². The highest BCUT2D eigenvalue weighted by molar-refractivity contribution is 7.89. The summed E-state index contributed by atoms with van der Waals surface area (Å²) in [6, 6.07) is 4.68. The number of aromatic nitrogens is 2. The zero-order valence-electron chi connectivity index (χ0n) is 16.5. The van der Waals surface area contributed by atoms with Crippen molar-refractivity contribution < 1.29 is 18.3 Å². The molecule has 2 aromatic rings. The smallest absolute Gasteiger partial charge is 0.329 e. The van der Waals surface area contributed by atoms with Gasteiger partial charge in [0.05, 0.1) is 41.8 Å². The Balaban J connectivity index is 1.97. The SMILES string of the molecule is CCn1c(=O)n(CC(O)CN2CCOCC2)c2cc(S(=O)(=O)N(C)C)ccc21. The lowest BCUT2D eigenvalue weighted by Crippen LogP contribution is -2.42. The molecule has 1 saturated heterocycles. The normalized spacial score (nSPS) is 17.5. The molecule has 0 aliphatic carbocycles. The fraction of sp³-hybridized carbons (Fsp3) is 0.611. The van der Waals surface area contributed by atoms with Crippen LogP contribution in [-0.4, -0.2) is 84.9 Å². The first-order valence-electron chi connectivity index (χ1n) is 9.39. The number of benzene rings is 1. The fourth-order valence-electron chi connectivity index (χ4n) is 3.50. The number of rotatable bonds is 7. The Labute approximate surface area is 164 Å². The molecule has 1 atom stereocenters. The van der Waals surface area contributed by atoms with E-state index in [0.717, 1.165) is 17.4 Å². The van der Waals surface area contributed by atoms with Gasteiger partial charge < -0.3 is 9.84 Å². The number of hydrogen-bond acceptors (Lipinski definition) is 6. The molecule has 3 rings (SSSR count). The number of ether oxygens (including phenoxy) is 1. The van der Waals surface area contributed by atoms with Crippen LogP contribution in [-0.2, 0) is 27.8 Å². The van der Waals surface area contributed by atoms with Crippen molar-refractivity contribution >= 4 is 21.1 Å². The maximum absolute atomic E-state index is 12.9.